The Morgan fingerprint density at radius 3 is 2.75 bits per heavy atom. The minimum atomic E-state index is -0.535. The highest BCUT2D eigenvalue weighted by molar-refractivity contribution is 5.89. The van der Waals surface area contributed by atoms with Crippen LogP contribution in [0.2, 0.25) is 0 Å². The Morgan fingerprint density at radius 2 is 1.92 bits per heavy atom. The van der Waals surface area contributed by atoms with Gasteiger partial charge in [0.25, 0.3) is 0 Å². The molecule has 0 bridgehead atoms. The van der Waals surface area contributed by atoms with Crippen LogP contribution in [0.1, 0.15) is 16.7 Å². The summed E-state index contributed by atoms with van der Waals surface area (Å²) in [6, 6.07) is 16.4. The van der Waals surface area contributed by atoms with Gasteiger partial charge in [0.2, 0.25) is 0 Å². The zero-order valence-corrected chi connectivity index (χ0v) is 12.7. The van der Waals surface area contributed by atoms with Crippen molar-refractivity contribution >= 4 is 6.21 Å². The first-order valence-electron chi connectivity index (χ1n) is 7.54. The molecule has 24 heavy (non-hydrogen) atoms. The number of fused-ring (bicyclic) bond motifs is 1. The quantitative estimate of drug-likeness (QED) is 0.706. The van der Waals surface area contributed by atoms with E-state index in [0.29, 0.717) is 11.3 Å². The molecule has 0 saturated heterocycles. The van der Waals surface area contributed by atoms with Crippen LogP contribution in [0.3, 0.4) is 0 Å². The molecule has 2 aromatic carbocycles. The second kappa shape index (κ2) is 5.71. The Labute approximate surface area is 138 Å². The SMILES string of the molecule is N#Cc1ccc(-c2ncccc2-c2ccc3c(c2)C=NC3)cc1F. The molecule has 0 spiro atoms. The van der Waals surface area contributed by atoms with Gasteiger partial charge in [0.15, 0.2) is 0 Å². The molecule has 0 amide bonds. The molecule has 0 N–H and O–H groups in total. The molecule has 1 aromatic heterocycles. The third-order valence-corrected chi connectivity index (χ3v) is 4.12. The average molecular weight is 313 g/mol. The van der Waals surface area contributed by atoms with Crippen LogP contribution in [0.4, 0.5) is 4.39 Å². The fraction of sp³-hybridized carbons (Fsp3) is 0.0500. The number of halogens is 1. The second-order valence-electron chi connectivity index (χ2n) is 5.59. The second-order valence-corrected chi connectivity index (χ2v) is 5.59. The lowest BCUT2D eigenvalue weighted by Gasteiger charge is -2.10. The van der Waals surface area contributed by atoms with Gasteiger partial charge in [0, 0.05) is 23.5 Å². The standard InChI is InChI=1S/C20H12FN3/c21-19-9-14(4-5-15(19)10-22)20-18(2-1-7-24-20)13-3-6-16-11-23-12-17(16)8-13/h1-9,12H,11H2. The lowest BCUT2D eigenvalue weighted by atomic mass is 9.96. The molecule has 2 heterocycles. The fourth-order valence-corrected chi connectivity index (χ4v) is 2.89. The summed E-state index contributed by atoms with van der Waals surface area (Å²) in [5.74, 6) is -0.535. The summed E-state index contributed by atoms with van der Waals surface area (Å²) in [6.45, 7) is 0.719. The first kappa shape index (κ1) is 14.3. The van der Waals surface area contributed by atoms with Crippen molar-refractivity contribution in [3.05, 3.63) is 77.2 Å². The van der Waals surface area contributed by atoms with Gasteiger partial charge in [-0.15, -0.1) is 0 Å². The molecule has 3 aromatic rings. The van der Waals surface area contributed by atoms with Gasteiger partial charge in [0.1, 0.15) is 11.9 Å². The molecule has 1 aliphatic heterocycles. The van der Waals surface area contributed by atoms with E-state index in [4.69, 9.17) is 5.26 Å². The van der Waals surface area contributed by atoms with Gasteiger partial charge >= 0.3 is 0 Å². The number of hydrogen-bond acceptors (Lipinski definition) is 3. The molecular formula is C20H12FN3. The maximum Gasteiger partial charge on any atom is 0.141 e. The molecule has 0 atom stereocenters. The van der Waals surface area contributed by atoms with Crippen LogP contribution in [0, 0.1) is 17.1 Å². The lowest BCUT2D eigenvalue weighted by molar-refractivity contribution is 0.624. The van der Waals surface area contributed by atoms with Crippen molar-refractivity contribution in [3.8, 4) is 28.5 Å². The van der Waals surface area contributed by atoms with Crippen LogP contribution < -0.4 is 0 Å². The van der Waals surface area contributed by atoms with Crippen molar-refractivity contribution < 1.29 is 4.39 Å². The highest BCUT2D eigenvalue weighted by Gasteiger charge is 2.13. The van der Waals surface area contributed by atoms with Crippen molar-refractivity contribution in [1.82, 2.24) is 4.98 Å². The largest absolute Gasteiger partial charge is 0.288 e. The molecule has 0 unspecified atom stereocenters. The lowest BCUT2D eigenvalue weighted by Crippen LogP contribution is -1.93. The van der Waals surface area contributed by atoms with Crippen LogP contribution in [0.25, 0.3) is 22.4 Å². The van der Waals surface area contributed by atoms with Crippen LogP contribution in [-0.2, 0) is 6.54 Å². The van der Waals surface area contributed by atoms with E-state index < -0.39 is 5.82 Å². The summed E-state index contributed by atoms with van der Waals surface area (Å²) < 4.78 is 14.0. The number of benzene rings is 2. The van der Waals surface area contributed by atoms with Crippen molar-refractivity contribution in [2.45, 2.75) is 6.54 Å². The molecule has 4 heteroatoms. The van der Waals surface area contributed by atoms with Crippen LogP contribution in [0.5, 0.6) is 0 Å². The van der Waals surface area contributed by atoms with Crippen molar-refractivity contribution in [3.63, 3.8) is 0 Å². The van der Waals surface area contributed by atoms with E-state index in [1.54, 1.807) is 12.3 Å². The van der Waals surface area contributed by atoms with E-state index in [1.165, 1.54) is 17.7 Å². The van der Waals surface area contributed by atoms with E-state index in [0.717, 1.165) is 23.2 Å². The Kier molecular flexibility index (Phi) is 3.40. The first-order valence-corrected chi connectivity index (χ1v) is 7.54. The number of nitriles is 1. The summed E-state index contributed by atoms with van der Waals surface area (Å²) in [5.41, 5.74) is 5.61. The summed E-state index contributed by atoms with van der Waals surface area (Å²) >= 11 is 0. The minimum absolute atomic E-state index is 0.0324. The van der Waals surface area contributed by atoms with Crippen LogP contribution in [0.15, 0.2) is 59.7 Å². The van der Waals surface area contributed by atoms with Gasteiger partial charge in [0.05, 0.1) is 17.8 Å². The number of nitrogens with zero attached hydrogens (tertiary/aromatic N) is 3. The molecule has 3 nitrogen and oxygen atoms in total. The zero-order chi connectivity index (χ0) is 16.5. The molecule has 1 aliphatic rings. The third-order valence-electron chi connectivity index (χ3n) is 4.12. The van der Waals surface area contributed by atoms with Gasteiger partial charge < -0.3 is 0 Å². The summed E-state index contributed by atoms with van der Waals surface area (Å²) in [6.07, 6.45) is 3.56. The van der Waals surface area contributed by atoms with Crippen LogP contribution >= 0.6 is 0 Å². The Balaban J connectivity index is 1.86. The molecule has 114 valence electrons. The molecule has 4 rings (SSSR count). The minimum Gasteiger partial charge on any atom is -0.288 e. The number of pyridine rings is 1. The first-order chi connectivity index (χ1) is 11.8. The van der Waals surface area contributed by atoms with Gasteiger partial charge in [-0.25, -0.2) is 4.39 Å². The predicted molar refractivity (Wildman–Crippen MR) is 91.1 cm³/mol. The maximum atomic E-state index is 14.0. The van der Waals surface area contributed by atoms with Crippen molar-refractivity contribution in [1.29, 1.82) is 5.26 Å². The Bertz CT molecular complexity index is 1020. The highest BCUT2D eigenvalue weighted by atomic mass is 19.1. The zero-order valence-electron chi connectivity index (χ0n) is 12.7. The third kappa shape index (κ3) is 2.37. The molecule has 0 fully saturated rings. The summed E-state index contributed by atoms with van der Waals surface area (Å²) in [7, 11) is 0. The number of aliphatic imine (C=N–C) groups is 1. The monoisotopic (exact) mass is 313 g/mol. The van der Waals surface area contributed by atoms with Gasteiger partial charge in [-0.1, -0.05) is 24.3 Å². The molecule has 0 aliphatic carbocycles. The van der Waals surface area contributed by atoms with Crippen LogP contribution in [-0.4, -0.2) is 11.2 Å². The van der Waals surface area contributed by atoms with Gasteiger partial charge in [-0.2, -0.15) is 5.26 Å². The number of rotatable bonds is 2. The van der Waals surface area contributed by atoms with E-state index >= 15 is 0 Å². The van der Waals surface area contributed by atoms with Gasteiger partial charge in [-0.3, -0.25) is 9.98 Å². The van der Waals surface area contributed by atoms with Crippen molar-refractivity contribution in [2.24, 2.45) is 4.99 Å². The summed E-state index contributed by atoms with van der Waals surface area (Å²) in [4.78, 5) is 8.71. The number of aromatic nitrogens is 1. The van der Waals surface area contributed by atoms with E-state index in [2.05, 4.69) is 22.1 Å². The average Bonchev–Trinajstić information content (AvgIpc) is 3.09. The molecular weight excluding hydrogens is 301 g/mol. The highest BCUT2D eigenvalue weighted by Crippen LogP contribution is 2.32. The smallest absolute Gasteiger partial charge is 0.141 e. The predicted octanol–water partition coefficient (Wildman–Crippen LogP) is 4.36. The van der Waals surface area contributed by atoms with E-state index in [9.17, 15) is 4.39 Å². The van der Waals surface area contributed by atoms with Gasteiger partial charge in [-0.05, 0) is 41.0 Å². The fourth-order valence-electron chi connectivity index (χ4n) is 2.89. The maximum absolute atomic E-state index is 14.0. The Hall–Kier alpha value is -3.32. The van der Waals surface area contributed by atoms with E-state index in [1.807, 2.05) is 30.5 Å². The summed E-state index contributed by atoms with van der Waals surface area (Å²) in [5, 5.41) is 8.88. The molecule has 0 saturated carbocycles. The number of hydrogen-bond donors (Lipinski definition) is 0. The topological polar surface area (TPSA) is 49.0 Å². The molecule has 0 radical (unpaired) electrons. The van der Waals surface area contributed by atoms with Crippen molar-refractivity contribution in [2.75, 3.05) is 0 Å². The Morgan fingerprint density at radius 1 is 1.04 bits per heavy atom. The van der Waals surface area contributed by atoms with E-state index in [-0.39, 0.29) is 5.56 Å². The normalized spacial score (nSPS) is 12.0.